The summed E-state index contributed by atoms with van der Waals surface area (Å²) in [7, 11) is 0. The van der Waals surface area contributed by atoms with E-state index < -0.39 is 23.8 Å². The number of carbonyl (C=O) groups excluding carboxylic acids is 2. The van der Waals surface area contributed by atoms with E-state index >= 15 is 0 Å². The van der Waals surface area contributed by atoms with Gasteiger partial charge in [-0.3, -0.25) is 9.80 Å². The SMILES string of the molecule is CCCN(c1nccc(-c2[nH]c(C3OCC(C)(C(=O)OC(N)=O)CO3)nc2-c2ccc(F)cc2)n1)N1CCOCC1. The van der Waals surface area contributed by atoms with Crippen molar-refractivity contribution in [2.75, 3.05) is 51.1 Å². The van der Waals surface area contributed by atoms with Crippen molar-refractivity contribution in [2.24, 2.45) is 11.1 Å². The largest absolute Gasteiger partial charge is 0.412 e. The maximum Gasteiger partial charge on any atom is 0.412 e. The third kappa shape index (κ3) is 6.35. The third-order valence-corrected chi connectivity index (χ3v) is 6.75. The van der Waals surface area contributed by atoms with Crippen LogP contribution in [0, 0.1) is 11.2 Å². The van der Waals surface area contributed by atoms with Crippen LogP contribution in [0.4, 0.5) is 15.1 Å². The van der Waals surface area contributed by atoms with Crippen LogP contribution in [-0.4, -0.2) is 83.1 Å². The first-order chi connectivity index (χ1) is 19.8. The number of hydrogen-bond donors (Lipinski definition) is 2. The Kier molecular flexibility index (Phi) is 8.54. The van der Waals surface area contributed by atoms with Gasteiger partial charge in [0.2, 0.25) is 12.2 Å². The smallest absolute Gasteiger partial charge is 0.379 e. The average Bonchev–Trinajstić information content (AvgIpc) is 3.42. The molecule has 1 aromatic carbocycles. The highest BCUT2D eigenvalue weighted by Crippen LogP contribution is 2.36. The van der Waals surface area contributed by atoms with Crippen molar-refractivity contribution in [2.45, 2.75) is 26.6 Å². The predicted octanol–water partition coefficient (Wildman–Crippen LogP) is 2.81. The minimum Gasteiger partial charge on any atom is -0.379 e. The molecule has 0 radical (unpaired) electrons. The highest BCUT2D eigenvalue weighted by atomic mass is 19.1. The molecule has 5 rings (SSSR count). The highest BCUT2D eigenvalue weighted by Gasteiger charge is 2.43. The van der Waals surface area contributed by atoms with E-state index in [9.17, 15) is 14.0 Å². The Morgan fingerprint density at radius 1 is 1.17 bits per heavy atom. The van der Waals surface area contributed by atoms with Crippen LogP contribution in [0.1, 0.15) is 32.4 Å². The minimum atomic E-state index is -1.23. The molecule has 0 saturated carbocycles. The van der Waals surface area contributed by atoms with Gasteiger partial charge in [0.1, 0.15) is 11.2 Å². The summed E-state index contributed by atoms with van der Waals surface area (Å²) >= 11 is 0. The number of anilines is 1. The number of hydrazine groups is 1. The minimum absolute atomic E-state index is 0.102. The lowest BCUT2D eigenvalue weighted by molar-refractivity contribution is -0.236. The zero-order valence-electron chi connectivity index (χ0n) is 22.8. The number of benzene rings is 1. The number of nitrogens with one attached hydrogen (secondary N) is 1. The third-order valence-electron chi connectivity index (χ3n) is 6.75. The molecular weight excluding hydrogens is 537 g/mol. The number of H-pyrrole nitrogens is 1. The van der Waals surface area contributed by atoms with Crippen molar-refractivity contribution in [3.05, 3.63) is 48.2 Å². The number of hydrogen-bond acceptors (Lipinski definition) is 11. The Hall–Kier alpha value is -3.98. The van der Waals surface area contributed by atoms with E-state index in [4.69, 9.17) is 29.9 Å². The standard InChI is InChI=1S/C27H32FN7O6/c1-3-10-35(34-11-13-38-14-12-34)26-30-9-8-19(31-26)21-20(17-4-6-18(28)7-5-17)32-22(33-21)23-39-15-27(2,16-40-23)24(36)41-25(29)37/h4-9,23H,3,10-16H2,1-2H3,(H2,29,37)(H,32,33). The summed E-state index contributed by atoms with van der Waals surface area (Å²) in [5, 5.41) is 4.23. The Morgan fingerprint density at radius 2 is 1.88 bits per heavy atom. The number of amides is 1. The van der Waals surface area contributed by atoms with Gasteiger partial charge in [-0.25, -0.2) is 29.1 Å². The Balaban J connectivity index is 1.47. The second kappa shape index (κ2) is 12.3. The lowest BCUT2D eigenvalue weighted by Crippen LogP contribution is -2.50. The summed E-state index contributed by atoms with van der Waals surface area (Å²) in [6.45, 7) is 6.86. The van der Waals surface area contributed by atoms with Crippen molar-refractivity contribution >= 4 is 18.0 Å². The second-order valence-electron chi connectivity index (χ2n) is 10.0. The molecule has 2 aliphatic rings. The molecule has 0 spiro atoms. The van der Waals surface area contributed by atoms with Crippen LogP contribution in [0.2, 0.25) is 0 Å². The van der Waals surface area contributed by atoms with Gasteiger partial charge in [0, 0.05) is 31.4 Å². The fourth-order valence-electron chi connectivity index (χ4n) is 4.59. The van der Waals surface area contributed by atoms with E-state index in [1.54, 1.807) is 31.3 Å². The van der Waals surface area contributed by atoms with Gasteiger partial charge in [0.05, 0.1) is 43.5 Å². The van der Waals surface area contributed by atoms with E-state index in [1.807, 2.05) is 0 Å². The van der Waals surface area contributed by atoms with Gasteiger partial charge in [0.15, 0.2) is 5.82 Å². The maximum atomic E-state index is 13.8. The van der Waals surface area contributed by atoms with Gasteiger partial charge in [-0.15, -0.1) is 0 Å². The Morgan fingerprint density at radius 3 is 2.54 bits per heavy atom. The summed E-state index contributed by atoms with van der Waals surface area (Å²) in [6.07, 6.45) is 0.415. The fraction of sp³-hybridized carbons (Fsp3) is 0.444. The molecule has 0 bridgehead atoms. The zero-order chi connectivity index (χ0) is 29.0. The van der Waals surface area contributed by atoms with E-state index in [0.717, 1.165) is 26.1 Å². The van der Waals surface area contributed by atoms with Crippen LogP contribution in [0.25, 0.3) is 22.6 Å². The summed E-state index contributed by atoms with van der Waals surface area (Å²) in [5.74, 6) is -0.372. The normalized spacial score (nSPS) is 21.4. The van der Waals surface area contributed by atoms with Crippen molar-refractivity contribution in [1.82, 2.24) is 24.9 Å². The quantitative estimate of drug-likeness (QED) is 0.303. The van der Waals surface area contributed by atoms with Crippen LogP contribution >= 0.6 is 0 Å². The molecule has 14 heteroatoms. The number of morpholine rings is 1. The molecule has 13 nitrogen and oxygen atoms in total. The van der Waals surface area contributed by atoms with Crippen LogP contribution in [0.15, 0.2) is 36.5 Å². The van der Waals surface area contributed by atoms with Crippen molar-refractivity contribution in [3.63, 3.8) is 0 Å². The first kappa shape index (κ1) is 28.5. The molecule has 0 atom stereocenters. The molecule has 2 aromatic heterocycles. The molecule has 0 unspecified atom stereocenters. The van der Waals surface area contributed by atoms with Gasteiger partial charge >= 0.3 is 12.1 Å². The molecule has 4 heterocycles. The van der Waals surface area contributed by atoms with Crippen molar-refractivity contribution < 1.29 is 32.9 Å². The topological polar surface area (TPSA) is 158 Å². The number of aromatic amines is 1. The molecule has 2 fully saturated rings. The van der Waals surface area contributed by atoms with Crippen LogP contribution in [0.3, 0.4) is 0 Å². The lowest BCUT2D eigenvalue weighted by Gasteiger charge is -2.37. The average molecular weight is 570 g/mol. The molecule has 3 aromatic rings. The molecule has 2 saturated heterocycles. The van der Waals surface area contributed by atoms with Crippen LogP contribution < -0.4 is 10.7 Å². The first-order valence-electron chi connectivity index (χ1n) is 13.3. The van der Waals surface area contributed by atoms with Gasteiger partial charge in [-0.2, -0.15) is 0 Å². The highest BCUT2D eigenvalue weighted by molar-refractivity contribution is 5.87. The molecule has 2 aliphatic heterocycles. The number of carbonyl (C=O) groups is 2. The Bertz CT molecular complexity index is 1370. The van der Waals surface area contributed by atoms with E-state index in [0.29, 0.717) is 47.6 Å². The number of imidazole rings is 1. The summed E-state index contributed by atoms with van der Waals surface area (Å²) in [4.78, 5) is 40.8. The second-order valence-corrected chi connectivity index (χ2v) is 10.0. The van der Waals surface area contributed by atoms with Crippen molar-refractivity contribution in [1.29, 1.82) is 0 Å². The number of nitrogens with two attached hydrogens (primary N) is 1. The van der Waals surface area contributed by atoms with E-state index in [1.165, 1.54) is 12.1 Å². The van der Waals surface area contributed by atoms with Gasteiger partial charge in [-0.05, 0) is 43.7 Å². The van der Waals surface area contributed by atoms with Gasteiger partial charge in [-0.1, -0.05) is 6.92 Å². The van der Waals surface area contributed by atoms with E-state index in [2.05, 4.69) is 31.6 Å². The predicted molar refractivity (Wildman–Crippen MR) is 143 cm³/mol. The van der Waals surface area contributed by atoms with E-state index in [-0.39, 0.29) is 19.0 Å². The molecule has 3 N–H and O–H groups in total. The first-order valence-corrected chi connectivity index (χ1v) is 13.3. The lowest BCUT2D eigenvalue weighted by atomic mass is 9.92. The monoisotopic (exact) mass is 569 g/mol. The van der Waals surface area contributed by atoms with Crippen LogP contribution in [0.5, 0.6) is 0 Å². The van der Waals surface area contributed by atoms with Crippen molar-refractivity contribution in [3.8, 4) is 22.6 Å². The maximum absolute atomic E-state index is 13.8. The summed E-state index contributed by atoms with van der Waals surface area (Å²) in [6, 6.07) is 7.71. The number of ether oxygens (including phenoxy) is 4. The number of halogens is 1. The Labute approximate surface area is 235 Å². The molecule has 218 valence electrons. The molecular formula is C27H32FN7O6. The molecule has 1 amide bonds. The number of aromatic nitrogens is 4. The summed E-state index contributed by atoms with van der Waals surface area (Å²) < 4.78 is 35.5. The van der Waals surface area contributed by atoms with Gasteiger partial charge in [0.25, 0.3) is 0 Å². The summed E-state index contributed by atoms with van der Waals surface area (Å²) in [5.41, 5.74) is 6.02. The molecule has 0 aliphatic carbocycles. The van der Waals surface area contributed by atoms with Gasteiger partial charge < -0.3 is 29.7 Å². The zero-order valence-corrected chi connectivity index (χ0v) is 22.8. The number of nitrogens with zero attached hydrogens (tertiary/aromatic N) is 5. The number of primary amides is 1. The molecule has 41 heavy (non-hydrogen) atoms. The fourth-order valence-corrected chi connectivity index (χ4v) is 4.59. The number of esters is 1. The van der Waals surface area contributed by atoms with Crippen LogP contribution in [-0.2, 0) is 23.7 Å². The number of rotatable bonds is 8.